The van der Waals surface area contributed by atoms with Crippen molar-refractivity contribution in [2.45, 2.75) is 12.8 Å². The van der Waals surface area contributed by atoms with Crippen LogP contribution in [0.15, 0.2) is 42.5 Å². The minimum Gasteiger partial charge on any atom is -0.497 e. The molecule has 1 saturated heterocycles. The third-order valence-corrected chi connectivity index (χ3v) is 5.99. The van der Waals surface area contributed by atoms with Gasteiger partial charge in [0.1, 0.15) is 5.75 Å². The average molecular weight is 392 g/mol. The maximum atomic E-state index is 12.7. The lowest BCUT2D eigenvalue weighted by Crippen LogP contribution is -2.40. The van der Waals surface area contributed by atoms with Gasteiger partial charge in [-0.05, 0) is 49.2 Å². The van der Waals surface area contributed by atoms with Crippen molar-refractivity contribution in [1.29, 1.82) is 5.26 Å². The monoisotopic (exact) mass is 392 g/mol. The van der Waals surface area contributed by atoms with Crippen molar-refractivity contribution >= 4 is 38.3 Å². The van der Waals surface area contributed by atoms with Crippen LogP contribution in [0, 0.1) is 17.2 Å². The Morgan fingerprint density at radius 1 is 1.36 bits per heavy atom. The summed E-state index contributed by atoms with van der Waals surface area (Å²) in [6, 6.07) is 15.0. The summed E-state index contributed by atoms with van der Waals surface area (Å²) in [6.07, 6.45) is 1.79. The van der Waals surface area contributed by atoms with Crippen LogP contribution in [0.25, 0.3) is 10.2 Å². The van der Waals surface area contributed by atoms with Crippen molar-refractivity contribution in [3.8, 4) is 11.8 Å². The van der Waals surface area contributed by atoms with Gasteiger partial charge < -0.3 is 15.0 Å². The van der Waals surface area contributed by atoms with Gasteiger partial charge in [0.05, 0.1) is 34.9 Å². The van der Waals surface area contributed by atoms with Crippen molar-refractivity contribution in [2.24, 2.45) is 5.92 Å². The quantitative estimate of drug-likeness (QED) is 0.725. The van der Waals surface area contributed by atoms with E-state index in [4.69, 9.17) is 15.0 Å². The molecule has 1 unspecified atom stereocenters. The molecule has 28 heavy (non-hydrogen) atoms. The van der Waals surface area contributed by atoms with Crippen LogP contribution in [-0.2, 0) is 4.79 Å². The first kappa shape index (κ1) is 18.3. The molecule has 0 radical (unpaired) electrons. The number of amides is 1. The highest BCUT2D eigenvalue weighted by molar-refractivity contribution is 7.22. The van der Waals surface area contributed by atoms with E-state index in [-0.39, 0.29) is 11.8 Å². The molecule has 142 valence electrons. The molecule has 1 aliphatic rings. The van der Waals surface area contributed by atoms with E-state index in [0.717, 1.165) is 40.5 Å². The Morgan fingerprint density at radius 2 is 2.25 bits per heavy atom. The third-order valence-electron chi connectivity index (χ3n) is 4.91. The van der Waals surface area contributed by atoms with Crippen molar-refractivity contribution in [3.05, 3.63) is 48.0 Å². The summed E-state index contributed by atoms with van der Waals surface area (Å²) >= 11 is 1.62. The van der Waals surface area contributed by atoms with Crippen LogP contribution in [-0.4, -0.2) is 31.1 Å². The first-order chi connectivity index (χ1) is 13.7. The fourth-order valence-electron chi connectivity index (χ4n) is 3.43. The Hall–Kier alpha value is -3.11. The van der Waals surface area contributed by atoms with Gasteiger partial charge in [0.25, 0.3) is 0 Å². The van der Waals surface area contributed by atoms with Crippen LogP contribution < -0.4 is 15.0 Å². The van der Waals surface area contributed by atoms with Gasteiger partial charge in [-0.3, -0.25) is 4.79 Å². The van der Waals surface area contributed by atoms with E-state index in [1.807, 2.05) is 18.2 Å². The van der Waals surface area contributed by atoms with E-state index >= 15 is 0 Å². The van der Waals surface area contributed by atoms with E-state index in [9.17, 15) is 4.79 Å². The van der Waals surface area contributed by atoms with Gasteiger partial charge in [0, 0.05) is 18.8 Å². The highest BCUT2D eigenvalue weighted by atomic mass is 32.1. The SMILES string of the molecule is COc1ccc2nc(N3CCCC(C(=O)Nc4cccc(C#N)c4)C3)sc2c1. The molecule has 0 saturated carbocycles. The molecule has 4 rings (SSSR count). The molecule has 1 N–H and O–H groups in total. The second kappa shape index (κ2) is 7.87. The van der Waals surface area contributed by atoms with Crippen molar-refractivity contribution in [2.75, 3.05) is 30.4 Å². The first-order valence-corrected chi connectivity index (χ1v) is 9.98. The Balaban J connectivity index is 1.48. The molecule has 2 heterocycles. The molecule has 6 nitrogen and oxygen atoms in total. The molecular weight excluding hydrogens is 372 g/mol. The summed E-state index contributed by atoms with van der Waals surface area (Å²) in [6.45, 7) is 1.53. The predicted octanol–water partition coefficient (Wildman–Crippen LogP) is 4.03. The largest absolute Gasteiger partial charge is 0.497 e. The van der Waals surface area contributed by atoms with Crippen LogP contribution in [0.2, 0.25) is 0 Å². The van der Waals surface area contributed by atoms with E-state index in [1.54, 1.807) is 42.7 Å². The molecule has 3 aromatic rings. The van der Waals surface area contributed by atoms with Crippen molar-refractivity contribution in [1.82, 2.24) is 4.98 Å². The Kier molecular flexibility index (Phi) is 5.13. The number of anilines is 2. The lowest BCUT2D eigenvalue weighted by molar-refractivity contribution is -0.120. The van der Waals surface area contributed by atoms with Crippen LogP contribution in [0.4, 0.5) is 10.8 Å². The molecule has 1 aliphatic heterocycles. The zero-order valence-corrected chi connectivity index (χ0v) is 16.3. The van der Waals surface area contributed by atoms with Gasteiger partial charge in [-0.2, -0.15) is 5.26 Å². The summed E-state index contributed by atoms with van der Waals surface area (Å²) < 4.78 is 6.37. The van der Waals surface area contributed by atoms with Crippen molar-refractivity contribution in [3.63, 3.8) is 0 Å². The van der Waals surface area contributed by atoms with Crippen molar-refractivity contribution < 1.29 is 9.53 Å². The van der Waals surface area contributed by atoms with Gasteiger partial charge in [-0.25, -0.2) is 4.98 Å². The summed E-state index contributed by atoms with van der Waals surface area (Å²) in [7, 11) is 1.66. The van der Waals surface area contributed by atoms with Crippen LogP contribution in [0.1, 0.15) is 18.4 Å². The Morgan fingerprint density at radius 3 is 3.07 bits per heavy atom. The maximum absolute atomic E-state index is 12.7. The molecule has 1 amide bonds. The number of nitrogens with one attached hydrogen (secondary N) is 1. The number of ether oxygens (including phenoxy) is 1. The third kappa shape index (κ3) is 3.78. The molecule has 7 heteroatoms. The van der Waals surface area contributed by atoms with E-state index in [2.05, 4.69) is 16.3 Å². The number of carbonyl (C=O) groups excluding carboxylic acids is 1. The summed E-state index contributed by atoms with van der Waals surface area (Å²) in [5.74, 6) is 0.696. The van der Waals surface area contributed by atoms with E-state index in [1.165, 1.54) is 0 Å². The molecule has 1 aromatic heterocycles. The van der Waals surface area contributed by atoms with Gasteiger partial charge in [0.2, 0.25) is 5.91 Å². The topological polar surface area (TPSA) is 78.2 Å². The van der Waals surface area contributed by atoms with E-state index in [0.29, 0.717) is 17.8 Å². The summed E-state index contributed by atoms with van der Waals surface area (Å²) in [5.41, 5.74) is 2.14. The molecule has 1 atom stereocenters. The fraction of sp³-hybridized carbons (Fsp3) is 0.286. The smallest absolute Gasteiger partial charge is 0.229 e. The molecular formula is C21H20N4O2S. The summed E-state index contributed by atoms with van der Waals surface area (Å²) in [4.78, 5) is 19.7. The number of fused-ring (bicyclic) bond motifs is 1. The van der Waals surface area contributed by atoms with E-state index < -0.39 is 0 Å². The molecule has 2 aromatic carbocycles. The van der Waals surface area contributed by atoms with Gasteiger partial charge in [0.15, 0.2) is 5.13 Å². The van der Waals surface area contributed by atoms with Crippen LogP contribution in [0.5, 0.6) is 5.75 Å². The maximum Gasteiger partial charge on any atom is 0.229 e. The normalized spacial score (nSPS) is 16.6. The number of nitriles is 1. The number of thiazole rings is 1. The first-order valence-electron chi connectivity index (χ1n) is 9.17. The minimum atomic E-state index is -0.110. The summed E-state index contributed by atoms with van der Waals surface area (Å²) in [5, 5.41) is 12.9. The van der Waals surface area contributed by atoms with Crippen LogP contribution >= 0.6 is 11.3 Å². The standard InChI is InChI=1S/C21H20N4O2S/c1-27-17-7-8-18-19(11-17)28-21(24-18)25-9-3-5-15(13-25)20(26)23-16-6-2-4-14(10-16)12-22/h2,4,6-8,10-11,15H,3,5,9,13H2,1H3,(H,23,26). The van der Waals surface area contributed by atoms with Gasteiger partial charge in [-0.1, -0.05) is 17.4 Å². The highest BCUT2D eigenvalue weighted by Crippen LogP contribution is 2.33. The molecule has 0 bridgehead atoms. The molecule has 1 fully saturated rings. The zero-order chi connectivity index (χ0) is 19.5. The second-order valence-electron chi connectivity index (χ2n) is 6.80. The van der Waals surface area contributed by atoms with Gasteiger partial charge >= 0.3 is 0 Å². The fourth-order valence-corrected chi connectivity index (χ4v) is 4.46. The van der Waals surface area contributed by atoms with Crippen LogP contribution in [0.3, 0.4) is 0 Å². The number of methoxy groups -OCH3 is 1. The zero-order valence-electron chi connectivity index (χ0n) is 15.5. The highest BCUT2D eigenvalue weighted by Gasteiger charge is 2.27. The lowest BCUT2D eigenvalue weighted by Gasteiger charge is -2.31. The number of nitrogens with zero attached hydrogens (tertiary/aromatic N) is 3. The number of piperidine rings is 1. The number of hydrogen-bond donors (Lipinski definition) is 1. The lowest BCUT2D eigenvalue weighted by atomic mass is 9.97. The Bertz CT molecular complexity index is 1060. The number of carbonyl (C=O) groups is 1. The molecule has 0 aliphatic carbocycles. The number of hydrogen-bond acceptors (Lipinski definition) is 6. The van der Waals surface area contributed by atoms with Gasteiger partial charge in [-0.15, -0.1) is 0 Å². The number of rotatable bonds is 4. The minimum absolute atomic E-state index is 0.0115. The number of benzene rings is 2. The number of aromatic nitrogens is 1. The average Bonchev–Trinajstić information content (AvgIpc) is 3.17. The molecule has 0 spiro atoms. The Labute approximate surface area is 167 Å². The predicted molar refractivity (Wildman–Crippen MR) is 111 cm³/mol. The second-order valence-corrected chi connectivity index (χ2v) is 7.81.